The lowest BCUT2D eigenvalue weighted by atomic mass is 10.2. The van der Waals surface area contributed by atoms with E-state index in [2.05, 4.69) is 22.1 Å². The van der Waals surface area contributed by atoms with Crippen LogP contribution in [0.4, 0.5) is 0 Å². The van der Waals surface area contributed by atoms with E-state index < -0.39 is 0 Å². The van der Waals surface area contributed by atoms with Gasteiger partial charge in [0.1, 0.15) is 0 Å². The van der Waals surface area contributed by atoms with Crippen LogP contribution in [-0.2, 0) is 18.8 Å². The molecule has 0 unspecified atom stereocenters. The summed E-state index contributed by atoms with van der Waals surface area (Å²) >= 11 is 7.77. The van der Waals surface area contributed by atoms with Crippen LogP contribution >= 0.6 is 23.4 Å². The molecule has 0 aliphatic rings. The molecule has 0 aliphatic carbocycles. The Hall–Kier alpha value is -2.97. The van der Waals surface area contributed by atoms with Crippen molar-refractivity contribution in [2.45, 2.75) is 24.0 Å². The number of thioether (sulfide) groups is 1. The molecule has 3 aromatic rings. The van der Waals surface area contributed by atoms with Crippen molar-refractivity contribution in [2.75, 3.05) is 14.2 Å². The van der Waals surface area contributed by atoms with Crippen LogP contribution in [0.3, 0.4) is 0 Å². The molecule has 0 saturated heterocycles. The Morgan fingerprint density at radius 3 is 2.68 bits per heavy atom. The normalized spacial score (nSPS) is 10.5. The number of nitrogens with zero attached hydrogens (tertiary/aromatic N) is 3. The fraction of sp³-hybridized carbons (Fsp3) is 0.227. The summed E-state index contributed by atoms with van der Waals surface area (Å²) in [5, 5.41) is 12.8. The SMILES string of the molecule is C=CCn1c(CNC(=O)c2ccc(OC)c(OC)c2)nnc1SCc1ccccc1Cl. The number of carbonyl (C=O) groups excluding carboxylic acids is 1. The summed E-state index contributed by atoms with van der Waals surface area (Å²) in [5.74, 6) is 2.09. The molecule has 1 amide bonds. The average Bonchev–Trinajstić information content (AvgIpc) is 3.18. The predicted molar refractivity (Wildman–Crippen MR) is 122 cm³/mol. The van der Waals surface area contributed by atoms with E-state index in [4.69, 9.17) is 21.1 Å². The first-order chi connectivity index (χ1) is 15.1. The molecule has 31 heavy (non-hydrogen) atoms. The number of carbonyl (C=O) groups is 1. The summed E-state index contributed by atoms with van der Waals surface area (Å²) in [6, 6.07) is 12.7. The predicted octanol–water partition coefficient (Wildman–Crippen LogP) is 4.36. The van der Waals surface area contributed by atoms with Crippen molar-refractivity contribution < 1.29 is 14.3 Å². The highest BCUT2D eigenvalue weighted by Gasteiger charge is 2.15. The Balaban J connectivity index is 1.69. The molecule has 3 rings (SSSR count). The third-order valence-electron chi connectivity index (χ3n) is 4.47. The molecule has 1 aromatic heterocycles. The molecule has 0 spiro atoms. The first-order valence-electron chi connectivity index (χ1n) is 9.46. The summed E-state index contributed by atoms with van der Waals surface area (Å²) in [6.45, 7) is 4.56. The zero-order valence-electron chi connectivity index (χ0n) is 17.3. The van der Waals surface area contributed by atoms with Gasteiger partial charge in [-0.1, -0.05) is 47.6 Å². The van der Waals surface area contributed by atoms with Crippen LogP contribution in [0.5, 0.6) is 11.5 Å². The molecule has 0 bridgehead atoms. The van der Waals surface area contributed by atoms with Crippen LogP contribution in [0.15, 0.2) is 60.3 Å². The molecule has 0 saturated carbocycles. The van der Waals surface area contributed by atoms with E-state index in [1.807, 2.05) is 28.8 Å². The number of allylic oxidation sites excluding steroid dienone is 1. The third-order valence-corrected chi connectivity index (χ3v) is 5.86. The zero-order chi connectivity index (χ0) is 22.2. The Bertz CT molecular complexity index is 1070. The van der Waals surface area contributed by atoms with E-state index in [0.717, 1.165) is 10.7 Å². The lowest BCUT2D eigenvalue weighted by Crippen LogP contribution is -2.25. The van der Waals surface area contributed by atoms with Gasteiger partial charge in [0.15, 0.2) is 22.5 Å². The average molecular weight is 459 g/mol. The summed E-state index contributed by atoms with van der Waals surface area (Å²) in [7, 11) is 3.07. The molecule has 0 atom stereocenters. The van der Waals surface area contributed by atoms with E-state index in [-0.39, 0.29) is 12.5 Å². The molecule has 2 aromatic carbocycles. The van der Waals surface area contributed by atoms with Gasteiger partial charge in [-0.25, -0.2) is 0 Å². The number of hydrogen-bond acceptors (Lipinski definition) is 6. The number of amides is 1. The second-order valence-corrected chi connectivity index (χ2v) is 7.78. The molecular formula is C22H23ClN4O3S. The van der Waals surface area contributed by atoms with Gasteiger partial charge in [0, 0.05) is 22.9 Å². The second-order valence-electron chi connectivity index (χ2n) is 6.43. The maximum absolute atomic E-state index is 12.6. The smallest absolute Gasteiger partial charge is 0.251 e. The number of hydrogen-bond donors (Lipinski definition) is 1. The highest BCUT2D eigenvalue weighted by atomic mass is 35.5. The molecule has 1 N–H and O–H groups in total. The Morgan fingerprint density at radius 2 is 1.97 bits per heavy atom. The van der Waals surface area contributed by atoms with E-state index in [0.29, 0.717) is 40.2 Å². The van der Waals surface area contributed by atoms with Crippen molar-refractivity contribution in [3.8, 4) is 11.5 Å². The van der Waals surface area contributed by atoms with Gasteiger partial charge in [-0.2, -0.15) is 0 Å². The first kappa shape index (κ1) is 22.7. The molecule has 0 aliphatic heterocycles. The zero-order valence-corrected chi connectivity index (χ0v) is 18.9. The molecule has 0 fully saturated rings. The number of methoxy groups -OCH3 is 2. The van der Waals surface area contributed by atoms with Crippen molar-refractivity contribution in [3.05, 3.63) is 77.1 Å². The number of aromatic nitrogens is 3. The fourth-order valence-corrected chi connectivity index (χ4v) is 4.12. The fourth-order valence-electron chi connectivity index (χ4n) is 2.87. The maximum Gasteiger partial charge on any atom is 0.251 e. The van der Waals surface area contributed by atoms with Crippen molar-refractivity contribution in [2.24, 2.45) is 0 Å². The molecule has 0 radical (unpaired) electrons. The summed E-state index contributed by atoms with van der Waals surface area (Å²) in [5.41, 5.74) is 1.48. The first-order valence-corrected chi connectivity index (χ1v) is 10.8. The monoisotopic (exact) mass is 458 g/mol. The number of nitrogens with one attached hydrogen (secondary N) is 1. The number of ether oxygens (including phenoxy) is 2. The molecular weight excluding hydrogens is 436 g/mol. The van der Waals surface area contributed by atoms with Gasteiger partial charge in [-0.3, -0.25) is 4.79 Å². The lowest BCUT2D eigenvalue weighted by Gasteiger charge is -2.11. The van der Waals surface area contributed by atoms with Gasteiger partial charge in [0.2, 0.25) is 0 Å². The van der Waals surface area contributed by atoms with Crippen LogP contribution in [0.2, 0.25) is 5.02 Å². The van der Waals surface area contributed by atoms with Gasteiger partial charge in [0.05, 0.1) is 20.8 Å². The topological polar surface area (TPSA) is 78.3 Å². The molecule has 9 heteroatoms. The van der Waals surface area contributed by atoms with Gasteiger partial charge in [-0.15, -0.1) is 16.8 Å². The summed E-state index contributed by atoms with van der Waals surface area (Å²) in [6.07, 6.45) is 1.77. The maximum atomic E-state index is 12.6. The van der Waals surface area contributed by atoms with E-state index in [1.54, 1.807) is 31.4 Å². The van der Waals surface area contributed by atoms with Crippen molar-refractivity contribution >= 4 is 29.3 Å². The second kappa shape index (κ2) is 10.9. The van der Waals surface area contributed by atoms with Crippen molar-refractivity contribution in [3.63, 3.8) is 0 Å². The summed E-state index contributed by atoms with van der Waals surface area (Å²) < 4.78 is 12.4. The van der Waals surface area contributed by atoms with Crippen LogP contribution in [0.1, 0.15) is 21.7 Å². The van der Waals surface area contributed by atoms with Gasteiger partial charge < -0.3 is 19.4 Å². The van der Waals surface area contributed by atoms with E-state index in [1.165, 1.54) is 18.9 Å². The lowest BCUT2D eigenvalue weighted by molar-refractivity contribution is 0.0949. The Morgan fingerprint density at radius 1 is 1.19 bits per heavy atom. The quantitative estimate of drug-likeness (QED) is 0.359. The minimum absolute atomic E-state index is 0.223. The van der Waals surface area contributed by atoms with Gasteiger partial charge >= 0.3 is 0 Å². The molecule has 7 nitrogen and oxygen atoms in total. The standard InChI is InChI=1S/C22H23ClN4O3S/c1-4-11-27-20(25-26-22(27)31-14-16-7-5-6-8-17(16)23)13-24-21(28)15-9-10-18(29-2)19(12-15)30-3/h4-10,12H,1,11,13-14H2,2-3H3,(H,24,28). The van der Waals surface area contributed by atoms with Gasteiger partial charge in [0.25, 0.3) is 5.91 Å². The van der Waals surface area contributed by atoms with Crippen molar-refractivity contribution in [1.29, 1.82) is 0 Å². The third kappa shape index (κ3) is 5.59. The van der Waals surface area contributed by atoms with Crippen LogP contribution in [-0.4, -0.2) is 34.9 Å². The summed E-state index contributed by atoms with van der Waals surface area (Å²) in [4.78, 5) is 12.6. The molecule has 162 valence electrons. The van der Waals surface area contributed by atoms with Crippen LogP contribution in [0.25, 0.3) is 0 Å². The van der Waals surface area contributed by atoms with E-state index in [9.17, 15) is 4.79 Å². The minimum Gasteiger partial charge on any atom is -0.493 e. The van der Waals surface area contributed by atoms with E-state index >= 15 is 0 Å². The number of rotatable bonds is 10. The van der Waals surface area contributed by atoms with Crippen molar-refractivity contribution in [1.82, 2.24) is 20.1 Å². The largest absolute Gasteiger partial charge is 0.493 e. The number of benzene rings is 2. The van der Waals surface area contributed by atoms with Crippen LogP contribution in [0, 0.1) is 0 Å². The Kier molecular flexibility index (Phi) is 7.97. The van der Waals surface area contributed by atoms with Gasteiger partial charge in [-0.05, 0) is 29.8 Å². The highest BCUT2D eigenvalue weighted by Crippen LogP contribution is 2.28. The van der Waals surface area contributed by atoms with Crippen LogP contribution < -0.4 is 14.8 Å². The minimum atomic E-state index is -0.251. The molecule has 1 heterocycles. The number of halogens is 1. The Labute approximate surface area is 190 Å². The highest BCUT2D eigenvalue weighted by molar-refractivity contribution is 7.98.